The summed E-state index contributed by atoms with van der Waals surface area (Å²) in [5.74, 6) is 2.01. The number of hydrogen-bond acceptors (Lipinski definition) is 4. The van der Waals surface area contributed by atoms with Crippen molar-refractivity contribution < 1.29 is 9.47 Å². The number of hydrogen-bond donors (Lipinski definition) is 0. The van der Waals surface area contributed by atoms with Crippen LogP contribution in [-0.2, 0) is 18.5 Å². The fourth-order valence-electron chi connectivity index (χ4n) is 5.98. The van der Waals surface area contributed by atoms with Crippen molar-refractivity contribution >= 4 is 11.4 Å². The van der Waals surface area contributed by atoms with Gasteiger partial charge in [0.1, 0.15) is 11.5 Å². The van der Waals surface area contributed by atoms with Gasteiger partial charge in [0, 0.05) is 41.2 Å². The average molecular weight is 553 g/mol. The Morgan fingerprint density at radius 3 is 1.67 bits per heavy atom. The minimum atomic E-state index is -0.0339. The summed E-state index contributed by atoms with van der Waals surface area (Å²) in [6.45, 7) is 9.58. The lowest BCUT2D eigenvalue weighted by Gasteiger charge is -2.35. The second-order valence-electron chi connectivity index (χ2n) is 12.3. The van der Waals surface area contributed by atoms with Crippen molar-refractivity contribution in [2.45, 2.75) is 39.3 Å². The Bertz CT molecular complexity index is 1710. The molecular formula is C38H36N2O2. The van der Waals surface area contributed by atoms with Crippen molar-refractivity contribution in [1.82, 2.24) is 0 Å². The van der Waals surface area contributed by atoms with E-state index < -0.39 is 0 Å². The van der Waals surface area contributed by atoms with E-state index in [0.29, 0.717) is 13.5 Å². The molecule has 5 aromatic rings. The van der Waals surface area contributed by atoms with Gasteiger partial charge in [0.2, 0.25) is 0 Å². The Morgan fingerprint density at radius 2 is 1.05 bits per heavy atom. The van der Waals surface area contributed by atoms with Gasteiger partial charge in [-0.15, -0.1) is 0 Å². The van der Waals surface area contributed by atoms with Crippen molar-refractivity contribution in [3.05, 3.63) is 132 Å². The van der Waals surface area contributed by atoms with Gasteiger partial charge in [-0.25, -0.2) is 0 Å². The van der Waals surface area contributed by atoms with Crippen LogP contribution in [0.1, 0.15) is 37.5 Å². The van der Waals surface area contributed by atoms with Crippen molar-refractivity contribution in [2.75, 3.05) is 23.3 Å². The standard InChI is InChI=1S/C38H36N2O2/c1-38(2,3)35-22-30(21-32-24-40(26-42-37(32)35)34-12-8-5-9-13-34)28-16-14-27(15-17-28)29-18-19-36-31(20-29)23-39(25-41-36)33-10-6-4-7-11-33/h4-22H,23-26H2,1-3H3. The van der Waals surface area contributed by atoms with Gasteiger partial charge in [0.25, 0.3) is 0 Å². The largest absolute Gasteiger partial charge is 0.473 e. The first kappa shape index (κ1) is 26.2. The lowest BCUT2D eigenvalue weighted by molar-refractivity contribution is 0.281. The van der Waals surface area contributed by atoms with Crippen LogP contribution in [0.25, 0.3) is 22.3 Å². The smallest absolute Gasteiger partial charge is 0.161 e. The Morgan fingerprint density at radius 1 is 0.524 bits per heavy atom. The first-order chi connectivity index (χ1) is 20.4. The van der Waals surface area contributed by atoms with E-state index in [0.717, 1.165) is 24.6 Å². The molecule has 0 saturated heterocycles. The highest BCUT2D eigenvalue weighted by atomic mass is 16.5. The van der Waals surface area contributed by atoms with E-state index in [1.165, 1.54) is 50.3 Å². The fraction of sp³-hybridized carbons (Fsp3) is 0.211. The van der Waals surface area contributed by atoms with Crippen LogP contribution in [0.4, 0.5) is 11.4 Å². The molecule has 42 heavy (non-hydrogen) atoms. The number of rotatable bonds is 4. The molecule has 0 aliphatic carbocycles. The summed E-state index contributed by atoms with van der Waals surface area (Å²) in [6.07, 6.45) is 0. The molecule has 2 aliphatic rings. The molecule has 0 spiro atoms. The number of para-hydroxylation sites is 2. The molecule has 0 fully saturated rings. The van der Waals surface area contributed by atoms with Gasteiger partial charge < -0.3 is 19.3 Å². The Hall–Kier alpha value is -4.70. The molecular weight excluding hydrogens is 516 g/mol. The second kappa shape index (κ2) is 10.6. The number of benzene rings is 5. The third-order valence-corrected chi connectivity index (χ3v) is 8.29. The SMILES string of the molecule is CC(C)(C)c1cc(-c2ccc(-c3ccc4c(c3)CN(c3ccccc3)CO4)cc2)cc2c1OCN(c1ccccc1)C2. The van der Waals surface area contributed by atoms with Gasteiger partial charge in [-0.05, 0) is 76.2 Å². The monoisotopic (exact) mass is 552 g/mol. The summed E-state index contributed by atoms with van der Waals surface area (Å²) in [5.41, 5.74) is 10.8. The van der Waals surface area contributed by atoms with E-state index in [2.05, 4.69) is 140 Å². The van der Waals surface area contributed by atoms with E-state index in [1.807, 2.05) is 6.07 Å². The molecule has 4 nitrogen and oxygen atoms in total. The van der Waals surface area contributed by atoms with Crippen molar-refractivity contribution in [3.8, 4) is 33.8 Å². The minimum Gasteiger partial charge on any atom is -0.473 e. The second-order valence-corrected chi connectivity index (χ2v) is 12.3. The van der Waals surface area contributed by atoms with Crippen LogP contribution in [0.15, 0.2) is 115 Å². The van der Waals surface area contributed by atoms with E-state index in [1.54, 1.807) is 0 Å². The average Bonchev–Trinajstić information content (AvgIpc) is 3.04. The van der Waals surface area contributed by atoms with Gasteiger partial charge in [-0.1, -0.05) is 87.5 Å². The first-order valence-corrected chi connectivity index (χ1v) is 14.7. The molecule has 210 valence electrons. The summed E-state index contributed by atoms with van der Waals surface area (Å²) in [4.78, 5) is 4.56. The number of fused-ring (bicyclic) bond motifs is 2. The van der Waals surface area contributed by atoms with E-state index in [9.17, 15) is 0 Å². The maximum Gasteiger partial charge on any atom is 0.161 e. The van der Waals surface area contributed by atoms with Crippen LogP contribution in [0, 0.1) is 0 Å². The molecule has 2 heterocycles. The predicted molar refractivity (Wildman–Crippen MR) is 172 cm³/mol. The van der Waals surface area contributed by atoms with Crippen molar-refractivity contribution in [1.29, 1.82) is 0 Å². The Kier molecular flexibility index (Phi) is 6.62. The van der Waals surface area contributed by atoms with E-state index >= 15 is 0 Å². The number of ether oxygens (including phenoxy) is 2. The van der Waals surface area contributed by atoms with Crippen molar-refractivity contribution in [3.63, 3.8) is 0 Å². The van der Waals surface area contributed by atoms with Gasteiger partial charge in [0.15, 0.2) is 13.5 Å². The van der Waals surface area contributed by atoms with Gasteiger partial charge in [0.05, 0.1) is 0 Å². The zero-order valence-corrected chi connectivity index (χ0v) is 24.5. The van der Waals surface area contributed by atoms with Crippen molar-refractivity contribution in [2.24, 2.45) is 0 Å². The Labute approximate surface area is 248 Å². The molecule has 2 aliphatic heterocycles. The van der Waals surface area contributed by atoms with Crippen LogP contribution in [0.5, 0.6) is 11.5 Å². The lowest BCUT2D eigenvalue weighted by Crippen LogP contribution is -2.33. The van der Waals surface area contributed by atoms with E-state index in [4.69, 9.17) is 9.47 Å². The summed E-state index contributed by atoms with van der Waals surface area (Å²) in [6, 6.07) is 41.1. The molecule has 0 atom stereocenters. The summed E-state index contributed by atoms with van der Waals surface area (Å²) >= 11 is 0. The van der Waals surface area contributed by atoms with Gasteiger partial charge in [-0.2, -0.15) is 0 Å². The highest BCUT2D eigenvalue weighted by molar-refractivity contribution is 5.74. The van der Waals surface area contributed by atoms with Gasteiger partial charge in [-0.3, -0.25) is 0 Å². The molecule has 0 unspecified atom stereocenters. The topological polar surface area (TPSA) is 24.9 Å². The van der Waals surface area contributed by atoms with Crippen LogP contribution in [0.3, 0.4) is 0 Å². The molecule has 4 heteroatoms. The minimum absolute atomic E-state index is 0.0339. The highest BCUT2D eigenvalue weighted by Crippen LogP contribution is 2.41. The molecule has 0 amide bonds. The molecule has 0 radical (unpaired) electrons. The van der Waals surface area contributed by atoms with Gasteiger partial charge >= 0.3 is 0 Å². The highest BCUT2D eigenvalue weighted by Gasteiger charge is 2.27. The summed E-state index contributed by atoms with van der Waals surface area (Å²) in [5, 5.41) is 0. The van der Waals surface area contributed by atoms with Crippen LogP contribution in [0.2, 0.25) is 0 Å². The van der Waals surface area contributed by atoms with Crippen LogP contribution < -0.4 is 19.3 Å². The zero-order chi connectivity index (χ0) is 28.7. The molecule has 0 aromatic heterocycles. The summed E-state index contributed by atoms with van der Waals surface area (Å²) < 4.78 is 12.5. The third-order valence-electron chi connectivity index (χ3n) is 8.29. The molecule has 0 bridgehead atoms. The maximum absolute atomic E-state index is 6.41. The quantitative estimate of drug-likeness (QED) is 0.222. The lowest BCUT2D eigenvalue weighted by atomic mass is 9.82. The van der Waals surface area contributed by atoms with Crippen LogP contribution >= 0.6 is 0 Å². The third kappa shape index (κ3) is 5.09. The maximum atomic E-state index is 6.41. The zero-order valence-electron chi connectivity index (χ0n) is 24.5. The first-order valence-electron chi connectivity index (χ1n) is 14.7. The molecule has 5 aromatic carbocycles. The predicted octanol–water partition coefficient (Wildman–Crippen LogP) is 9.03. The van der Waals surface area contributed by atoms with E-state index in [-0.39, 0.29) is 5.41 Å². The molecule has 0 saturated carbocycles. The number of nitrogens with zero attached hydrogens (tertiary/aromatic N) is 2. The normalized spacial score (nSPS) is 14.5. The molecule has 7 rings (SSSR count). The summed E-state index contributed by atoms with van der Waals surface area (Å²) in [7, 11) is 0. The fourth-order valence-corrected chi connectivity index (χ4v) is 5.98. The molecule has 0 N–H and O–H groups in total. The Balaban J connectivity index is 1.18. The number of anilines is 2. The van der Waals surface area contributed by atoms with Crippen LogP contribution in [-0.4, -0.2) is 13.5 Å².